The molecule has 1 aromatic heterocycles. The number of rotatable bonds is 3. The first-order valence-corrected chi connectivity index (χ1v) is 8.87. The number of carbonyl (C=O) groups is 1. The number of hydrogen-bond acceptors (Lipinski definition) is 3. The van der Waals surface area contributed by atoms with Crippen LogP contribution in [0.2, 0.25) is 0 Å². The predicted octanol–water partition coefficient (Wildman–Crippen LogP) is 5.03. The zero-order valence-corrected chi connectivity index (χ0v) is 14.7. The van der Waals surface area contributed by atoms with E-state index in [1.165, 1.54) is 11.1 Å². The van der Waals surface area contributed by atoms with Gasteiger partial charge in [-0.2, -0.15) is 0 Å². The Kier molecular flexibility index (Phi) is 4.62. The van der Waals surface area contributed by atoms with Gasteiger partial charge in [-0.1, -0.05) is 29.8 Å². The Bertz CT molecular complexity index is 761. The number of benzene rings is 1. The van der Waals surface area contributed by atoms with Crippen LogP contribution in [0.15, 0.2) is 30.4 Å². The molecule has 4 heteroatoms. The number of anilines is 1. The van der Waals surface area contributed by atoms with E-state index in [0.29, 0.717) is 5.13 Å². The third-order valence-corrected chi connectivity index (χ3v) is 5.20. The molecule has 0 saturated heterocycles. The molecule has 3 nitrogen and oxygen atoms in total. The topological polar surface area (TPSA) is 42.0 Å². The highest BCUT2D eigenvalue weighted by molar-refractivity contribution is 7.16. The minimum atomic E-state index is 0.0772. The van der Waals surface area contributed by atoms with Crippen LogP contribution in [0.25, 0.3) is 11.3 Å². The van der Waals surface area contributed by atoms with Gasteiger partial charge in [0.25, 0.3) is 0 Å². The van der Waals surface area contributed by atoms with Crippen LogP contribution in [-0.4, -0.2) is 10.9 Å². The lowest BCUT2D eigenvalue weighted by Gasteiger charge is -2.15. The smallest absolute Gasteiger partial charge is 0.229 e. The summed E-state index contributed by atoms with van der Waals surface area (Å²) in [5.41, 5.74) is 4.56. The summed E-state index contributed by atoms with van der Waals surface area (Å²) in [5, 5.41) is 3.72. The van der Waals surface area contributed by atoms with Gasteiger partial charge < -0.3 is 5.32 Å². The zero-order valence-electron chi connectivity index (χ0n) is 13.8. The molecular formula is C19H22N2OS. The monoisotopic (exact) mass is 326 g/mol. The molecule has 23 heavy (non-hydrogen) atoms. The molecule has 2 aromatic rings. The number of aromatic nitrogens is 1. The molecule has 1 heterocycles. The van der Waals surface area contributed by atoms with Crippen LogP contribution < -0.4 is 5.32 Å². The maximum absolute atomic E-state index is 12.4. The number of aryl methyl sites for hydroxylation is 3. The van der Waals surface area contributed by atoms with E-state index in [1.54, 1.807) is 11.3 Å². The third-order valence-electron chi connectivity index (χ3n) is 4.31. The predicted molar refractivity (Wildman–Crippen MR) is 96.9 cm³/mol. The summed E-state index contributed by atoms with van der Waals surface area (Å²) in [7, 11) is 0. The first kappa shape index (κ1) is 15.9. The van der Waals surface area contributed by atoms with Crippen LogP contribution in [0, 0.1) is 26.7 Å². The molecule has 1 aliphatic carbocycles. The van der Waals surface area contributed by atoms with Gasteiger partial charge in [0.1, 0.15) is 0 Å². The minimum Gasteiger partial charge on any atom is -0.302 e. The van der Waals surface area contributed by atoms with Gasteiger partial charge in [0.15, 0.2) is 5.13 Å². The van der Waals surface area contributed by atoms with Gasteiger partial charge in [0.2, 0.25) is 5.91 Å². The molecule has 120 valence electrons. The summed E-state index contributed by atoms with van der Waals surface area (Å²) in [6, 6.07) is 6.39. The van der Waals surface area contributed by atoms with Gasteiger partial charge in [-0.15, -0.1) is 11.3 Å². The van der Waals surface area contributed by atoms with E-state index >= 15 is 0 Å². The van der Waals surface area contributed by atoms with E-state index in [0.717, 1.165) is 35.4 Å². The van der Waals surface area contributed by atoms with Crippen molar-refractivity contribution >= 4 is 22.4 Å². The van der Waals surface area contributed by atoms with Gasteiger partial charge in [0.05, 0.1) is 5.69 Å². The molecule has 0 bridgehead atoms. The Balaban J connectivity index is 1.82. The lowest BCUT2D eigenvalue weighted by atomic mass is 9.94. The Morgan fingerprint density at radius 2 is 2.09 bits per heavy atom. The second-order valence-electron chi connectivity index (χ2n) is 6.21. The molecule has 0 radical (unpaired) electrons. The molecule has 0 spiro atoms. The number of hydrogen-bond donors (Lipinski definition) is 1. The van der Waals surface area contributed by atoms with Crippen LogP contribution in [0.1, 0.15) is 35.3 Å². The van der Waals surface area contributed by atoms with E-state index in [2.05, 4.69) is 61.4 Å². The number of thiazole rings is 1. The summed E-state index contributed by atoms with van der Waals surface area (Å²) in [6.45, 7) is 6.25. The van der Waals surface area contributed by atoms with Crippen molar-refractivity contribution in [3.05, 3.63) is 46.4 Å². The number of amides is 1. The Labute approximate surface area is 141 Å². The second kappa shape index (κ2) is 6.67. The van der Waals surface area contributed by atoms with E-state index < -0.39 is 0 Å². The van der Waals surface area contributed by atoms with E-state index in [-0.39, 0.29) is 11.8 Å². The molecule has 1 amide bonds. The first-order valence-electron chi connectivity index (χ1n) is 8.05. The Morgan fingerprint density at radius 1 is 1.26 bits per heavy atom. The first-order chi connectivity index (χ1) is 11.0. The third kappa shape index (κ3) is 3.53. The van der Waals surface area contributed by atoms with Crippen molar-refractivity contribution in [2.24, 2.45) is 5.92 Å². The van der Waals surface area contributed by atoms with Gasteiger partial charge in [0, 0.05) is 16.4 Å². The average molecular weight is 326 g/mol. The fourth-order valence-electron chi connectivity index (χ4n) is 2.93. The van der Waals surface area contributed by atoms with Crippen molar-refractivity contribution in [2.45, 2.75) is 40.0 Å². The molecule has 1 aromatic carbocycles. The molecular weight excluding hydrogens is 304 g/mol. The standard InChI is InChI=1S/C19H22N2OS/c1-12-9-10-13(2)16(11-12)17-14(3)23-19(20-17)21-18(22)15-7-5-4-6-8-15/h4-5,9-11,15H,6-8H2,1-3H3,(H,20,21,22). The Morgan fingerprint density at radius 3 is 2.83 bits per heavy atom. The normalized spacial score (nSPS) is 17.3. The molecule has 1 atom stereocenters. The van der Waals surface area contributed by atoms with Crippen molar-refractivity contribution in [2.75, 3.05) is 5.32 Å². The van der Waals surface area contributed by atoms with Crippen molar-refractivity contribution in [1.29, 1.82) is 0 Å². The van der Waals surface area contributed by atoms with Crippen molar-refractivity contribution < 1.29 is 4.79 Å². The van der Waals surface area contributed by atoms with Gasteiger partial charge in [-0.3, -0.25) is 4.79 Å². The zero-order chi connectivity index (χ0) is 16.4. The lowest BCUT2D eigenvalue weighted by Crippen LogP contribution is -2.23. The van der Waals surface area contributed by atoms with Crippen LogP contribution in [0.4, 0.5) is 5.13 Å². The molecule has 1 N–H and O–H groups in total. The van der Waals surface area contributed by atoms with Crippen LogP contribution in [0.5, 0.6) is 0 Å². The summed E-state index contributed by atoms with van der Waals surface area (Å²) in [4.78, 5) is 18.2. The Hall–Kier alpha value is -1.94. The number of allylic oxidation sites excluding steroid dienone is 2. The van der Waals surface area contributed by atoms with E-state index in [1.807, 2.05) is 0 Å². The highest BCUT2D eigenvalue weighted by atomic mass is 32.1. The lowest BCUT2D eigenvalue weighted by molar-refractivity contribution is -0.120. The number of nitrogens with zero attached hydrogens (tertiary/aromatic N) is 1. The molecule has 0 fully saturated rings. The number of carbonyl (C=O) groups excluding carboxylic acids is 1. The van der Waals surface area contributed by atoms with Gasteiger partial charge in [-0.05, 0) is 51.7 Å². The quantitative estimate of drug-likeness (QED) is 0.804. The largest absolute Gasteiger partial charge is 0.302 e. The van der Waals surface area contributed by atoms with Crippen molar-refractivity contribution in [1.82, 2.24) is 4.98 Å². The summed E-state index contributed by atoms with van der Waals surface area (Å²) >= 11 is 1.56. The van der Waals surface area contributed by atoms with E-state index in [4.69, 9.17) is 0 Å². The molecule has 3 rings (SSSR count). The van der Waals surface area contributed by atoms with Crippen molar-refractivity contribution in [3.8, 4) is 11.3 Å². The second-order valence-corrected chi connectivity index (χ2v) is 7.42. The van der Waals surface area contributed by atoms with Crippen molar-refractivity contribution in [3.63, 3.8) is 0 Å². The summed E-state index contributed by atoms with van der Waals surface area (Å²) in [5.74, 6) is 0.170. The number of nitrogens with one attached hydrogen (secondary N) is 1. The summed E-state index contributed by atoms with van der Waals surface area (Å²) < 4.78 is 0. The molecule has 1 unspecified atom stereocenters. The van der Waals surface area contributed by atoms with Gasteiger partial charge >= 0.3 is 0 Å². The highest BCUT2D eigenvalue weighted by Gasteiger charge is 2.20. The van der Waals surface area contributed by atoms with E-state index in [9.17, 15) is 4.79 Å². The van der Waals surface area contributed by atoms with Crippen LogP contribution in [-0.2, 0) is 4.79 Å². The molecule has 0 aliphatic heterocycles. The van der Waals surface area contributed by atoms with Crippen LogP contribution >= 0.6 is 11.3 Å². The fourth-order valence-corrected chi connectivity index (χ4v) is 3.76. The fraction of sp³-hybridized carbons (Fsp3) is 0.368. The SMILES string of the molecule is Cc1ccc(C)c(-c2nc(NC(=O)C3CC=CCC3)sc2C)c1. The molecule has 0 saturated carbocycles. The van der Waals surface area contributed by atoms with Gasteiger partial charge in [-0.25, -0.2) is 4.98 Å². The maximum atomic E-state index is 12.4. The highest BCUT2D eigenvalue weighted by Crippen LogP contribution is 2.33. The van der Waals surface area contributed by atoms with Crippen LogP contribution in [0.3, 0.4) is 0 Å². The summed E-state index contributed by atoms with van der Waals surface area (Å²) in [6.07, 6.45) is 7.00. The average Bonchev–Trinajstić information content (AvgIpc) is 2.91. The maximum Gasteiger partial charge on any atom is 0.229 e. The minimum absolute atomic E-state index is 0.0772. The molecule has 1 aliphatic rings.